The van der Waals surface area contributed by atoms with E-state index in [1.54, 1.807) is 6.92 Å². The van der Waals surface area contributed by atoms with Crippen molar-refractivity contribution in [3.63, 3.8) is 0 Å². The number of nitrogens with one attached hydrogen (secondary N) is 1. The van der Waals surface area contributed by atoms with Crippen molar-refractivity contribution >= 4 is 16.9 Å². The molecule has 0 saturated heterocycles. The van der Waals surface area contributed by atoms with Gasteiger partial charge in [-0.05, 0) is 25.5 Å². The van der Waals surface area contributed by atoms with Crippen molar-refractivity contribution in [2.24, 2.45) is 0 Å². The second kappa shape index (κ2) is 9.26. The van der Waals surface area contributed by atoms with Crippen molar-refractivity contribution in [1.29, 1.82) is 0 Å². The predicted octanol–water partition coefficient (Wildman–Crippen LogP) is 4.59. The highest BCUT2D eigenvalue weighted by atomic mass is 16.1. The first-order valence-electron chi connectivity index (χ1n) is 9.01. The second-order valence-electron chi connectivity index (χ2n) is 6.40. The Bertz CT molecular complexity index is 687. The number of amides is 1. The van der Waals surface area contributed by atoms with Crippen molar-refractivity contribution in [1.82, 2.24) is 14.9 Å². The summed E-state index contributed by atoms with van der Waals surface area (Å²) in [6.45, 7) is 9.02. The normalized spacial score (nSPS) is 10.9. The van der Waals surface area contributed by atoms with E-state index in [9.17, 15) is 4.79 Å². The number of rotatable bonds is 10. The first-order valence-corrected chi connectivity index (χ1v) is 9.01. The number of benzene rings is 1. The van der Waals surface area contributed by atoms with E-state index in [1.807, 2.05) is 18.2 Å². The summed E-state index contributed by atoms with van der Waals surface area (Å²) in [6.07, 6.45) is 7.60. The second-order valence-corrected chi connectivity index (χ2v) is 6.40. The maximum atomic E-state index is 11.8. The van der Waals surface area contributed by atoms with Gasteiger partial charge in [0.2, 0.25) is 5.91 Å². The molecular weight excluding hydrogens is 298 g/mol. The number of nitrogens with zero attached hydrogens (tertiary/aromatic N) is 2. The van der Waals surface area contributed by atoms with Crippen LogP contribution in [-0.4, -0.2) is 15.5 Å². The zero-order chi connectivity index (χ0) is 17.4. The lowest BCUT2D eigenvalue weighted by molar-refractivity contribution is -0.117. The summed E-state index contributed by atoms with van der Waals surface area (Å²) in [5.74, 6) is 0.799. The molecule has 1 N–H and O–H groups in total. The first-order chi connectivity index (χ1) is 11.6. The van der Waals surface area contributed by atoms with Crippen LogP contribution < -0.4 is 5.32 Å². The number of imidazole rings is 1. The van der Waals surface area contributed by atoms with E-state index in [0.717, 1.165) is 29.8 Å². The van der Waals surface area contributed by atoms with Crippen LogP contribution in [0, 0.1) is 0 Å². The predicted molar refractivity (Wildman–Crippen MR) is 99.8 cm³/mol. The maximum Gasteiger partial charge on any atom is 0.246 e. The molecule has 4 nitrogen and oxygen atoms in total. The SMILES string of the molecule is C=C(C)C(=O)NCc1nc2ccccc2n1CCCCCCCC. The van der Waals surface area contributed by atoms with E-state index in [0.29, 0.717) is 12.1 Å². The quantitative estimate of drug-likeness (QED) is 0.512. The maximum absolute atomic E-state index is 11.8. The van der Waals surface area contributed by atoms with E-state index in [1.165, 1.54) is 32.1 Å². The number of para-hydroxylation sites is 2. The van der Waals surface area contributed by atoms with Gasteiger partial charge in [-0.15, -0.1) is 0 Å². The summed E-state index contributed by atoms with van der Waals surface area (Å²) in [7, 11) is 0. The lowest BCUT2D eigenvalue weighted by Gasteiger charge is -2.10. The van der Waals surface area contributed by atoms with Crippen molar-refractivity contribution in [3.05, 3.63) is 42.2 Å². The minimum atomic E-state index is -0.117. The van der Waals surface area contributed by atoms with Crippen LogP contribution in [0.3, 0.4) is 0 Å². The molecule has 1 heterocycles. The Morgan fingerprint density at radius 2 is 1.88 bits per heavy atom. The topological polar surface area (TPSA) is 46.9 Å². The van der Waals surface area contributed by atoms with Crippen LogP contribution in [-0.2, 0) is 17.9 Å². The van der Waals surface area contributed by atoms with Crippen LogP contribution in [0.25, 0.3) is 11.0 Å². The molecule has 2 rings (SSSR count). The van der Waals surface area contributed by atoms with Crippen molar-refractivity contribution in [2.45, 2.75) is 65.5 Å². The molecule has 24 heavy (non-hydrogen) atoms. The number of carbonyl (C=O) groups is 1. The molecule has 0 spiro atoms. The van der Waals surface area contributed by atoms with Crippen LogP contribution in [0.2, 0.25) is 0 Å². The van der Waals surface area contributed by atoms with Crippen LogP contribution in [0.4, 0.5) is 0 Å². The van der Waals surface area contributed by atoms with Gasteiger partial charge in [0.15, 0.2) is 0 Å². The number of aromatic nitrogens is 2. The average Bonchev–Trinajstić information content (AvgIpc) is 2.93. The Hall–Kier alpha value is -2.10. The average molecular weight is 327 g/mol. The number of fused-ring (bicyclic) bond motifs is 1. The Labute approximate surface area is 145 Å². The highest BCUT2D eigenvalue weighted by Crippen LogP contribution is 2.17. The zero-order valence-corrected chi connectivity index (χ0v) is 15.0. The highest BCUT2D eigenvalue weighted by molar-refractivity contribution is 5.92. The van der Waals surface area contributed by atoms with Gasteiger partial charge in [-0.2, -0.15) is 0 Å². The molecule has 2 aromatic rings. The summed E-state index contributed by atoms with van der Waals surface area (Å²) in [6, 6.07) is 8.17. The molecule has 130 valence electrons. The Morgan fingerprint density at radius 3 is 2.62 bits per heavy atom. The minimum Gasteiger partial charge on any atom is -0.345 e. The number of carbonyl (C=O) groups excluding carboxylic acids is 1. The number of hydrogen-bond acceptors (Lipinski definition) is 2. The fraction of sp³-hybridized carbons (Fsp3) is 0.500. The van der Waals surface area contributed by atoms with Gasteiger partial charge in [0.25, 0.3) is 0 Å². The lowest BCUT2D eigenvalue weighted by Crippen LogP contribution is -2.25. The van der Waals surface area contributed by atoms with Gasteiger partial charge < -0.3 is 9.88 Å². The van der Waals surface area contributed by atoms with Crippen LogP contribution in [0.15, 0.2) is 36.4 Å². The van der Waals surface area contributed by atoms with E-state index in [-0.39, 0.29) is 5.91 Å². The summed E-state index contributed by atoms with van der Waals surface area (Å²) >= 11 is 0. The van der Waals surface area contributed by atoms with Crippen molar-refractivity contribution in [2.75, 3.05) is 0 Å². The lowest BCUT2D eigenvalue weighted by atomic mass is 10.1. The summed E-state index contributed by atoms with van der Waals surface area (Å²) in [5.41, 5.74) is 2.65. The van der Waals surface area contributed by atoms with Gasteiger partial charge in [-0.3, -0.25) is 4.79 Å². The fourth-order valence-electron chi connectivity index (χ4n) is 2.87. The van der Waals surface area contributed by atoms with E-state index < -0.39 is 0 Å². The molecule has 0 bridgehead atoms. The van der Waals surface area contributed by atoms with Crippen molar-refractivity contribution < 1.29 is 4.79 Å². The van der Waals surface area contributed by atoms with Gasteiger partial charge in [-0.25, -0.2) is 4.98 Å². The van der Waals surface area contributed by atoms with Crippen LogP contribution >= 0.6 is 0 Å². The van der Waals surface area contributed by atoms with Gasteiger partial charge in [0, 0.05) is 12.1 Å². The third-order valence-corrected chi connectivity index (χ3v) is 4.26. The molecule has 0 aliphatic carbocycles. The Morgan fingerprint density at radius 1 is 1.17 bits per heavy atom. The number of aryl methyl sites for hydroxylation is 1. The molecule has 0 atom stereocenters. The number of unbranched alkanes of at least 4 members (excludes halogenated alkanes) is 5. The number of hydrogen-bond donors (Lipinski definition) is 1. The van der Waals surface area contributed by atoms with E-state index in [2.05, 4.69) is 29.5 Å². The van der Waals surface area contributed by atoms with Crippen LogP contribution in [0.5, 0.6) is 0 Å². The first kappa shape index (κ1) is 18.2. The molecule has 0 aliphatic rings. The molecule has 0 radical (unpaired) electrons. The molecule has 1 amide bonds. The van der Waals surface area contributed by atoms with Crippen molar-refractivity contribution in [3.8, 4) is 0 Å². The largest absolute Gasteiger partial charge is 0.345 e. The van der Waals surface area contributed by atoms with E-state index in [4.69, 9.17) is 4.98 Å². The highest BCUT2D eigenvalue weighted by Gasteiger charge is 2.11. The monoisotopic (exact) mass is 327 g/mol. The molecule has 1 aromatic carbocycles. The van der Waals surface area contributed by atoms with E-state index >= 15 is 0 Å². The summed E-state index contributed by atoms with van der Waals surface area (Å²) in [5, 5.41) is 2.90. The molecule has 1 aromatic heterocycles. The molecular formula is C20H29N3O. The molecule has 0 saturated carbocycles. The molecule has 0 fully saturated rings. The molecule has 0 aliphatic heterocycles. The smallest absolute Gasteiger partial charge is 0.246 e. The standard InChI is InChI=1S/C20H29N3O/c1-4-5-6-7-8-11-14-23-18-13-10-9-12-17(18)22-19(23)15-21-20(24)16(2)3/h9-10,12-13H,2,4-8,11,14-15H2,1,3H3,(H,21,24). The zero-order valence-electron chi connectivity index (χ0n) is 15.0. The summed E-state index contributed by atoms with van der Waals surface area (Å²) < 4.78 is 2.24. The van der Waals surface area contributed by atoms with Crippen LogP contribution in [0.1, 0.15) is 58.2 Å². The van der Waals surface area contributed by atoms with Gasteiger partial charge in [0.05, 0.1) is 17.6 Å². The van der Waals surface area contributed by atoms with Gasteiger partial charge in [-0.1, -0.05) is 57.7 Å². The third-order valence-electron chi connectivity index (χ3n) is 4.26. The third kappa shape index (κ3) is 4.95. The Kier molecular flexibility index (Phi) is 7.04. The summed E-state index contributed by atoms with van der Waals surface area (Å²) in [4.78, 5) is 16.4. The molecule has 0 unspecified atom stereocenters. The fourth-order valence-corrected chi connectivity index (χ4v) is 2.87. The van der Waals surface area contributed by atoms with Gasteiger partial charge >= 0.3 is 0 Å². The van der Waals surface area contributed by atoms with Gasteiger partial charge in [0.1, 0.15) is 5.82 Å². The molecule has 4 heteroatoms. The Balaban J connectivity index is 2.03. The minimum absolute atomic E-state index is 0.117.